The summed E-state index contributed by atoms with van der Waals surface area (Å²) in [4.78, 5) is 27.0. The fourth-order valence-corrected chi connectivity index (χ4v) is 3.88. The van der Waals surface area contributed by atoms with Crippen molar-refractivity contribution >= 4 is 40.0 Å². The maximum absolute atomic E-state index is 13.0. The largest absolute Gasteiger partial charge is 0.505 e. The summed E-state index contributed by atoms with van der Waals surface area (Å²) in [5, 5.41) is 15.9. The van der Waals surface area contributed by atoms with Crippen molar-refractivity contribution in [1.29, 1.82) is 0 Å². The molecule has 0 saturated carbocycles. The van der Waals surface area contributed by atoms with Gasteiger partial charge in [0.25, 0.3) is 11.5 Å². The Labute approximate surface area is 164 Å². The van der Waals surface area contributed by atoms with Crippen LogP contribution >= 0.6 is 23.2 Å². The molecule has 9 heteroatoms. The van der Waals surface area contributed by atoms with Crippen LogP contribution in [-0.4, -0.2) is 43.9 Å². The summed E-state index contributed by atoms with van der Waals surface area (Å²) in [5.74, 6) is -0.624. The van der Waals surface area contributed by atoms with E-state index in [0.717, 1.165) is 0 Å². The highest BCUT2D eigenvalue weighted by atomic mass is 35.5. The van der Waals surface area contributed by atoms with Crippen LogP contribution in [0.1, 0.15) is 21.7 Å². The second-order valence-electron chi connectivity index (χ2n) is 6.56. The molecule has 140 valence electrons. The molecule has 7 nitrogen and oxygen atoms in total. The number of benzene rings is 1. The summed E-state index contributed by atoms with van der Waals surface area (Å²) in [7, 11) is 1.66. The molecule has 1 amide bonds. The summed E-state index contributed by atoms with van der Waals surface area (Å²) >= 11 is 12.3. The van der Waals surface area contributed by atoms with Crippen LogP contribution in [0.15, 0.2) is 23.0 Å². The number of likely N-dealkylation sites (N-methyl/N-ethyl adjacent to an activating group) is 1. The van der Waals surface area contributed by atoms with E-state index in [1.807, 2.05) is 0 Å². The van der Waals surface area contributed by atoms with Gasteiger partial charge in [0, 0.05) is 20.1 Å². The summed E-state index contributed by atoms with van der Waals surface area (Å²) in [6.45, 7) is 2.83. The van der Waals surface area contributed by atoms with E-state index in [4.69, 9.17) is 23.2 Å². The minimum Gasteiger partial charge on any atom is -0.505 e. The Morgan fingerprint density at radius 3 is 2.70 bits per heavy atom. The van der Waals surface area contributed by atoms with Crippen LogP contribution in [0.4, 0.5) is 0 Å². The molecule has 1 aliphatic heterocycles. The molecule has 27 heavy (non-hydrogen) atoms. The third-order valence-electron chi connectivity index (χ3n) is 4.86. The first-order chi connectivity index (χ1) is 12.8. The molecular formula is C18H16Cl2N4O3. The number of amides is 1. The molecule has 0 unspecified atom stereocenters. The van der Waals surface area contributed by atoms with Crippen LogP contribution in [0.3, 0.4) is 0 Å². The van der Waals surface area contributed by atoms with Crippen molar-refractivity contribution in [1.82, 2.24) is 19.2 Å². The lowest BCUT2D eigenvalue weighted by atomic mass is 10.2. The topological polar surface area (TPSA) is 80.4 Å². The van der Waals surface area contributed by atoms with Gasteiger partial charge in [0.1, 0.15) is 5.39 Å². The molecule has 0 fully saturated rings. The first-order valence-electron chi connectivity index (χ1n) is 8.32. The molecule has 0 aliphatic carbocycles. The first kappa shape index (κ1) is 17.9. The molecule has 3 heterocycles. The molecule has 3 aromatic rings. The van der Waals surface area contributed by atoms with Gasteiger partial charge in [-0.25, -0.2) is 4.68 Å². The van der Waals surface area contributed by atoms with E-state index in [2.05, 4.69) is 5.10 Å². The van der Waals surface area contributed by atoms with Crippen molar-refractivity contribution in [3.63, 3.8) is 0 Å². The van der Waals surface area contributed by atoms with E-state index in [1.165, 1.54) is 9.58 Å². The second kappa shape index (κ2) is 6.28. The molecule has 1 aromatic carbocycles. The number of aromatic nitrogens is 3. The molecule has 0 spiro atoms. The zero-order valence-corrected chi connectivity index (χ0v) is 16.2. The fourth-order valence-electron chi connectivity index (χ4n) is 3.50. The van der Waals surface area contributed by atoms with Gasteiger partial charge in [-0.05, 0) is 18.6 Å². The Morgan fingerprint density at radius 2 is 1.96 bits per heavy atom. The summed E-state index contributed by atoms with van der Waals surface area (Å²) in [5.41, 5.74) is 1.31. The second-order valence-corrected chi connectivity index (χ2v) is 7.35. The third-order valence-corrected chi connectivity index (χ3v) is 5.72. The quantitative estimate of drug-likeness (QED) is 0.709. The molecule has 0 bridgehead atoms. The van der Waals surface area contributed by atoms with Crippen LogP contribution in [0, 0.1) is 6.92 Å². The number of hydrogen-bond donors (Lipinski definition) is 1. The van der Waals surface area contributed by atoms with Gasteiger partial charge in [0.15, 0.2) is 11.4 Å². The van der Waals surface area contributed by atoms with E-state index >= 15 is 0 Å². The lowest BCUT2D eigenvalue weighted by molar-refractivity contribution is 0.0747. The zero-order valence-electron chi connectivity index (χ0n) is 14.7. The van der Waals surface area contributed by atoms with E-state index < -0.39 is 5.56 Å². The minimum atomic E-state index is -0.485. The Hall–Kier alpha value is -2.51. The van der Waals surface area contributed by atoms with Gasteiger partial charge in [-0.2, -0.15) is 5.10 Å². The predicted molar refractivity (Wildman–Crippen MR) is 103 cm³/mol. The molecule has 0 saturated heterocycles. The third kappa shape index (κ3) is 2.61. The lowest BCUT2D eigenvalue weighted by Crippen LogP contribution is -2.37. The van der Waals surface area contributed by atoms with Crippen molar-refractivity contribution < 1.29 is 9.90 Å². The number of nitrogens with zero attached hydrogens (tertiary/aromatic N) is 4. The van der Waals surface area contributed by atoms with Gasteiger partial charge >= 0.3 is 0 Å². The standard InChI is InChI=1S/C18H16Cl2N4O3/c1-9-14-12(16(25)15-18(27)22(2)6-7-23(14)15)17(26)24(21-9)8-10-4-3-5-11(19)13(10)20/h3-5,25H,6-8H2,1-2H3. The monoisotopic (exact) mass is 406 g/mol. The first-order valence-corrected chi connectivity index (χ1v) is 9.08. The highest BCUT2D eigenvalue weighted by Crippen LogP contribution is 2.34. The Morgan fingerprint density at radius 1 is 1.22 bits per heavy atom. The SMILES string of the molecule is Cc1nn(Cc2cccc(Cl)c2Cl)c(=O)c2c(O)c3n(c12)CCN(C)C3=O. The fraction of sp³-hybridized carbons (Fsp3) is 0.278. The highest BCUT2D eigenvalue weighted by molar-refractivity contribution is 6.42. The number of halogens is 2. The smallest absolute Gasteiger partial charge is 0.280 e. The number of rotatable bonds is 2. The summed E-state index contributed by atoms with van der Waals surface area (Å²) in [6, 6.07) is 5.15. The summed E-state index contributed by atoms with van der Waals surface area (Å²) < 4.78 is 2.91. The van der Waals surface area contributed by atoms with E-state index in [9.17, 15) is 14.7 Å². The number of carbonyl (C=O) groups excluding carboxylic acids is 1. The zero-order chi connectivity index (χ0) is 19.5. The van der Waals surface area contributed by atoms with Crippen molar-refractivity contribution in [3.8, 4) is 5.75 Å². The number of hydrogen-bond acceptors (Lipinski definition) is 4. The Balaban J connectivity index is 1.95. The molecule has 1 N–H and O–H groups in total. The van der Waals surface area contributed by atoms with Gasteiger partial charge in [-0.3, -0.25) is 9.59 Å². The van der Waals surface area contributed by atoms with E-state index in [-0.39, 0.29) is 29.3 Å². The maximum atomic E-state index is 13.0. The molecule has 1 aliphatic rings. The molecule has 0 atom stereocenters. The van der Waals surface area contributed by atoms with Crippen LogP contribution < -0.4 is 5.56 Å². The van der Waals surface area contributed by atoms with E-state index in [1.54, 1.807) is 36.7 Å². The average Bonchev–Trinajstić information content (AvgIpc) is 2.93. The molecule has 2 aromatic heterocycles. The normalized spacial score (nSPS) is 14.1. The van der Waals surface area contributed by atoms with Crippen molar-refractivity contribution in [2.45, 2.75) is 20.0 Å². The molecular weight excluding hydrogens is 391 g/mol. The van der Waals surface area contributed by atoms with Gasteiger partial charge in [0.05, 0.1) is 27.8 Å². The number of aryl methyl sites for hydroxylation is 1. The van der Waals surface area contributed by atoms with Gasteiger partial charge in [0.2, 0.25) is 0 Å². The van der Waals surface area contributed by atoms with Gasteiger partial charge in [-0.1, -0.05) is 35.3 Å². The summed E-state index contributed by atoms with van der Waals surface area (Å²) in [6.07, 6.45) is 0. The lowest BCUT2D eigenvalue weighted by Gasteiger charge is -2.25. The maximum Gasteiger partial charge on any atom is 0.280 e. The Bertz CT molecular complexity index is 1170. The number of aromatic hydroxyl groups is 1. The molecule has 4 rings (SSSR count). The van der Waals surface area contributed by atoms with Crippen molar-refractivity contribution in [2.24, 2.45) is 0 Å². The van der Waals surface area contributed by atoms with E-state index in [0.29, 0.717) is 39.9 Å². The van der Waals surface area contributed by atoms with Crippen LogP contribution in [-0.2, 0) is 13.1 Å². The Kier molecular flexibility index (Phi) is 4.16. The van der Waals surface area contributed by atoms with Gasteiger partial charge < -0.3 is 14.6 Å². The predicted octanol–water partition coefficient (Wildman–Crippen LogP) is 2.65. The van der Waals surface area contributed by atoms with Gasteiger partial charge in [-0.15, -0.1) is 0 Å². The van der Waals surface area contributed by atoms with Crippen LogP contribution in [0.25, 0.3) is 10.9 Å². The van der Waals surface area contributed by atoms with Crippen LogP contribution in [0.5, 0.6) is 5.75 Å². The molecule has 0 radical (unpaired) electrons. The number of fused-ring (bicyclic) bond motifs is 3. The average molecular weight is 407 g/mol. The minimum absolute atomic E-state index is 0.0966. The number of carbonyl (C=O) groups is 1. The van der Waals surface area contributed by atoms with Crippen LogP contribution in [0.2, 0.25) is 10.0 Å². The van der Waals surface area contributed by atoms with Crippen molar-refractivity contribution in [2.75, 3.05) is 13.6 Å². The van der Waals surface area contributed by atoms with Crippen molar-refractivity contribution in [3.05, 3.63) is 55.5 Å². The highest BCUT2D eigenvalue weighted by Gasteiger charge is 2.32.